The van der Waals surface area contributed by atoms with Crippen molar-refractivity contribution in [2.75, 3.05) is 7.11 Å². The minimum Gasteiger partial charge on any atom is -0.497 e. The molecule has 0 aliphatic carbocycles. The molecule has 2 heteroatoms. The highest BCUT2D eigenvalue weighted by Gasteiger charge is 2.02. The molecule has 0 amide bonds. The Kier molecular flexibility index (Phi) is 4.13. The first kappa shape index (κ1) is 12.1. The molecular formula is C15H16OS. The van der Waals surface area contributed by atoms with Crippen molar-refractivity contribution in [2.24, 2.45) is 0 Å². The summed E-state index contributed by atoms with van der Waals surface area (Å²) >= 11 is 1.76. The number of ether oxygens (including phenoxy) is 1. The molecule has 0 aromatic heterocycles. The largest absolute Gasteiger partial charge is 0.497 e. The van der Waals surface area contributed by atoms with Gasteiger partial charge in [-0.05, 0) is 48.9 Å². The summed E-state index contributed by atoms with van der Waals surface area (Å²) in [5, 5.41) is 2.24. The van der Waals surface area contributed by atoms with Crippen molar-refractivity contribution in [2.45, 2.75) is 19.8 Å². The normalized spacial score (nSPS) is 14.9. The number of hydrogen-bond acceptors (Lipinski definition) is 2. The van der Waals surface area contributed by atoms with Crippen LogP contribution in [0.1, 0.15) is 18.9 Å². The molecule has 17 heavy (non-hydrogen) atoms. The first-order chi connectivity index (χ1) is 8.28. The third-order valence-electron chi connectivity index (χ3n) is 2.64. The molecular weight excluding hydrogens is 228 g/mol. The molecule has 1 nitrogen and oxygen atoms in total. The van der Waals surface area contributed by atoms with Crippen molar-refractivity contribution in [3.8, 4) is 5.75 Å². The number of benzene rings is 1. The van der Waals surface area contributed by atoms with Crippen LogP contribution in [0.3, 0.4) is 0 Å². The maximum absolute atomic E-state index is 5.24. The number of hydrogen-bond donors (Lipinski definition) is 0. The standard InChI is InChI=1S/C15H16OS/c1-12-5-3-7-14(11-17-12)9-13-6-4-8-15(10-13)16-2/h3-4,6,8,10-11H,7,9H2,1-2H3. The molecule has 1 aliphatic rings. The molecule has 0 bridgehead atoms. The van der Waals surface area contributed by atoms with Gasteiger partial charge in [0.25, 0.3) is 0 Å². The second-order valence-electron chi connectivity index (χ2n) is 4.03. The molecule has 0 radical (unpaired) electrons. The van der Waals surface area contributed by atoms with E-state index in [9.17, 15) is 0 Å². The number of rotatable bonds is 3. The van der Waals surface area contributed by atoms with Crippen molar-refractivity contribution in [3.63, 3.8) is 0 Å². The zero-order chi connectivity index (χ0) is 12.1. The minimum absolute atomic E-state index is 0.925. The Morgan fingerprint density at radius 2 is 2.29 bits per heavy atom. The summed E-state index contributed by atoms with van der Waals surface area (Å²) in [5.41, 5.74) is 5.98. The van der Waals surface area contributed by atoms with E-state index >= 15 is 0 Å². The highest BCUT2D eigenvalue weighted by Crippen LogP contribution is 2.25. The molecule has 0 atom stereocenters. The Labute approximate surface area is 107 Å². The summed E-state index contributed by atoms with van der Waals surface area (Å²) in [6.07, 6.45) is 4.08. The second kappa shape index (κ2) is 5.81. The Morgan fingerprint density at radius 3 is 3.12 bits per heavy atom. The summed E-state index contributed by atoms with van der Waals surface area (Å²) in [7, 11) is 1.70. The van der Waals surface area contributed by atoms with Crippen molar-refractivity contribution >= 4 is 11.8 Å². The Hall–Kier alpha value is -1.37. The van der Waals surface area contributed by atoms with E-state index < -0.39 is 0 Å². The fraction of sp³-hybridized carbons (Fsp3) is 0.267. The maximum atomic E-state index is 5.24. The highest BCUT2D eigenvalue weighted by molar-refractivity contribution is 8.05. The van der Waals surface area contributed by atoms with Crippen molar-refractivity contribution in [1.29, 1.82) is 0 Å². The Bertz CT molecular complexity index is 493. The predicted octanol–water partition coefficient (Wildman–Crippen LogP) is 4.32. The number of allylic oxidation sites excluding steroid dienone is 2. The van der Waals surface area contributed by atoms with Crippen molar-refractivity contribution in [3.05, 3.63) is 57.5 Å². The van der Waals surface area contributed by atoms with Crippen LogP contribution in [0.4, 0.5) is 0 Å². The van der Waals surface area contributed by atoms with Crippen LogP contribution in [0.5, 0.6) is 5.75 Å². The average molecular weight is 244 g/mol. The molecule has 1 aromatic carbocycles. The van der Waals surface area contributed by atoms with Gasteiger partial charge in [0.2, 0.25) is 0 Å². The van der Waals surface area contributed by atoms with Gasteiger partial charge in [0.05, 0.1) is 7.11 Å². The molecule has 0 unspecified atom stereocenters. The van der Waals surface area contributed by atoms with Gasteiger partial charge in [-0.2, -0.15) is 0 Å². The third-order valence-corrected chi connectivity index (χ3v) is 3.56. The first-order valence-corrected chi connectivity index (χ1v) is 6.55. The Morgan fingerprint density at radius 1 is 1.41 bits per heavy atom. The topological polar surface area (TPSA) is 9.23 Å². The molecule has 0 spiro atoms. The van der Waals surface area contributed by atoms with Gasteiger partial charge in [0.15, 0.2) is 0 Å². The van der Waals surface area contributed by atoms with Crippen molar-refractivity contribution < 1.29 is 4.74 Å². The average Bonchev–Trinajstić information content (AvgIpc) is 2.55. The molecule has 1 aromatic rings. The second-order valence-corrected chi connectivity index (χ2v) is 5.11. The first-order valence-electron chi connectivity index (χ1n) is 5.67. The van der Waals surface area contributed by atoms with E-state index in [2.05, 4.69) is 36.3 Å². The van der Waals surface area contributed by atoms with Gasteiger partial charge in [-0.15, -0.1) is 5.73 Å². The fourth-order valence-electron chi connectivity index (χ4n) is 1.74. The van der Waals surface area contributed by atoms with Crippen LogP contribution >= 0.6 is 11.8 Å². The van der Waals surface area contributed by atoms with Gasteiger partial charge in [0, 0.05) is 4.91 Å². The van der Waals surface area contributed by atoms with Crippen LogP contribution in [0.25, 0.3) is 0 Å². The molecule has 0 saturated carbocycles. The SMILES string of the molecule is COc1cccc(CC2=CSC(C)=C=CC2)c1. The van der Waals surface area contributed by atoms with Crippen LogP contribution in [0.15, 0.2) is 52.0 Å². The minimum atomic E-state index is 0.925. The zero-order valence-corrected chi connectivity index (χ0v) is 11.0. The lowest BCUT2D eigenvalue weighted by atomic mass is 10.0. The lowest BCUT2D eigenvalue weighted by Gasteiger charge is -2.06. The molecule has 2 rings (SSSR count). The predicted molar refractivity (Wildman–Crippen MR) is 74.3 cm³/mol. The van der Waals surface area contributed by atoms with Crippen LogP contribution < -0.4 is 4.74 Å². The molecule has 1 heterocycles. The lowest BCUT2D eigenvalue weighted by molar-refractivity contribution is 0.414. The van der Waals surface area contributed by atoms with E-state index in [1.165, 1.54) is 16.0 Å². The van der Waals surface area contributed by atoms with E-state index in [-0.39, 0.29) is 0 Å². The van der Waals surface area contributed by atoms with Crippen LogP contribution in [-0.4, -0.2) is 7.11 Å². The number of thioether (sulfide) groups is 1. The highest BCUT2D eigenvalue weighted by atomic mass is 32.2. The summed E-state index contributed by atoms with van der Waals surface area (Å²) < 4.78 is 5.24. The molecule has 0 fully saturated rings. The summed E-state index contributed by atoms with van der Waals surface area (Å²) in [6.45, 7) is 2.09. The quantitative estimate of drug-likeness (QED) is 0.732. The monoisotopic (exact) mass is 244 g/mol. The molecule has 88 valence electrons. The van der Waals surface area contributed by atoms with Crippen LogP contribution in [0.2, 0.25) is 0 Å². The summed E-state index contributed by atoms with van der Waals surface area (Å²) in [5.74, 6) is 0.925. The van der Waals surface area contributed by atoms with Gasteiger partial charge in [-0.3, -0.25) is 0 Å². The van der Waals surface area contributed by atoms with Gasteiger partial charge >= 0.3 is 0 Å². The van der Waals surface area contributed by atoms with Gasteiger partial charge in [-0.25, -0.2) is 0 Å². The lowest BCUT2D eigenvalue weighted by Crippen LogP contribution is -1.91. The zero-order valence-electron chi connectivity index (χ0n) is 10.2. The summed E-state index contributed by atoms with van der Waals surface area (Å²) in [6, 6.07) is 8.26. The van der Waals surface area contributed by atoms with Gasteiger partial charge in [0.1, 0.15) is 5.75 Å². The number of methoxy groups -OCH3 is 1. The Balaban J connectivity index is 2.09. The van der Waals surface area contributed by atoms with Gasteiger partial charge in [-0.1, -0.05) is 29.5 Å². The fourth-order valence-corrected chi connectivity index (χ4v) is 2.41. The van der Waals surface area contributed by atoms with E-state index in [0.29, 0.717) is 0 Å². The van der Waals surface area contributed by atoms with E-state index in [1.54, 1.807) is 18.9 Å². The molecule has 0 N–H and O–H groups in total. The van der Waals surface area contributed by atoms with Crippen LogP contribution in [-0.2, 0) is 6.42 Å². The summed E-state index contributed by atoms with van der Waals surface area (Å²) in [4.78, 5) is 1.23. The molecule has 0 saturated heterocycles. The van der Waals surface area contributed by atoms with Crippen LogP contribution in [0, 0.1) is 0 Å². The van der Waals surface area contributed by atoms with E-state index in [1.807, 2.05) is 12.1 Å². The molecule has 1 aliphatic heterocycles. The third kappa shape index (κ3) is 3.55. The van der Waals surface area contributed by atoms with E-state index in [0.717, 1.165) is 18.6 Å². The smallest absolute Gasteiger partial charge is 0.119 e. The van der Waals surface area contributed by atoms with Crippen molar-refractivity contribution in [1.82, 2.24) is 0 Å². The van der Waals surface area contributed by atoms with E-state index in [4.69, 9.17) is 4.74 Å². The maximum Gasteiger partial charge on any atom is 0.119 e. The van der Waals surface area contributed by atoms with Gasteiger partial charge < -0.3 is 4.74 Å².